The van der Waals surface area contributed by atoms with E-state index in [1.165, 1.54) is 12.3 Å². The number of hydrogen-bond donors (Lipinski definition) is 0. The molecule has 0 aliphatic carbocycles. The second-order valence-electron chi connectivity index (χ2n) is 9.33. The van der Waals surface area contributed by atoms with Gasteiger partial charge in [0.2, 0.25) is 5.91 Å². The molecule has 0 bridgehead atoms. The molecule has 2 aliphatic heterocycles. The molecular weight excluding hydrogens is 480 g/mol. The quantitative estimate of drug-likeness (QED) is 0.532. The van der Waals surface area contributed by atoms with Crippen molar-refractivity contribution in [1.82, 2.24) is 24.8 Å². The van der Waals surface area contributed by atoms with E-state index < -0.39 is 9.84 Å². The van der Waals surface area contributed by atoms with E-state index in [1.54, 1.807) is 24.2 Å². The number of rotatable bonds is 4. The highest BCUT2D eigenvalue weighted by atomic mass is 32.2. The number of aromatic nitrogens is 3. The maximum Gasteiger partial charge on any atom is 0.324 e. The highest BCUT2D eigenvalue weighted by molar-refractivity contribution is 7.90. The van der Waals surface area contributed by atoms with Crippen LogP contribution in [0.15, 0.2) is 41.7 Å². The molecule has 1 fully saturated rings. The molecule has 5 rings (SSSR count). The molecule has 2 aliphatic rings. The van der Waals surface area contributed by atoms with Crippen molar-refractivity contribution in [3.8, 4) is 11.3 Å². The van der Waals surface area contributed by atoms with Crippen LogP contribution in [0.1, 0.15) is 31.7 Å². The predicted molar refractivity (Wildman–Crippen MR) is 135 cm³/mol. The minimum absolute atomic E-state index is 0.00112. The Labute approximate surface area is 209 Å². The van der Waals surface area contributed by atoms with Gasteiger partial charge in [0.05, 0.1) is 23.4 Å². The van der Waals surface area contributed by atoms with Crippen LogP contribution in [0.25, 0.3) is 22.3 Å². The zero-order valence-corrected chi connectivity index (χ0v) is 21.3. The lowest BCUT2D eigenvalue weighted by Gasteiger charge is -2.43. The molecule has 3 amide bonds. The first kappa shape index (κ1) is 24.1. The summed E-state index contributed by atoms with van der Waals surface area (Å²) in [6.07, 6.45) is 6.25. The molecule has 3 aromatic rings. The summed E-state index contributed by atoms with van der Waals surface area (Å²) in [4.78, 5) is 44.5. The van der Waals surface area contributed by atoms with Crippen LogP contribution < -0.4 is 4.90 Å². The van der Waals surface area contributed by atoms with E-state index in [9.17, 15) is 18.0 Å². The van der Waals surface area contributed by atoms with Crippen LogP contribution in [0.2, 0.25) is 0 Å². The topological polar surface area (TPSA) is 117 Å². The first-order chi connectivity index (χ1) is 17.2. The molecule has 11 heteroatoms. The Morgan fingerprint density at radius 2 is 1.83 bits per heavy atom. The van der Waals surface area contributed by atoms with Crippen molar-refractivity contribution in [2.45, 2.75) is 43.8 Å². The molecule has 0 aromatic carbocycles. The van der Waals surface area contributed by atoms with Gasteiger partial charge in [-0.3, -0.25) is 14.7 Å². The summed E-state index contributed by atoms with van der Waals surface area (Å²) in [5.74, 6) is 0.132. The van der Waals surface area contributed by atoms with Gasteiger partial charge in [-0.1, -0.05) is 6.92 Å². The van der Waals surface area contributed by atoms with Crippen molar-refractivity contribution in [3.63, 3.8) is 0 Å². The summed E-state index contributed by atoms with van der Waals surface area (Å²) in [5.41, 5.74) is 4.22. The number of sulfone groups is 1. The highest BCUT2D eigenvalue weighted by Crippen LogP contribution is 2.37. The molecule has 1 saturated heterocycles. The molecule has 36 heavy (non-hydrogen) atoms. The number of pyridine rings is 3. The number of likely N-dealkylation sites (tertiary alicyclic amines) is 1. The van der Waals surface area contributed by atoms with E-state index in [-0.39, 0.29) is 23.0 Å². The van der Waals surface area contributed by atoms with Crippen LogP contribution >= 0.6 is 0 Å². The average Bonchev–Trinajstić information content (AvgIpc) is 2.88. The number of amides is 3. The van der Waals surface area contributed by atoms with E-state index in [0.717, 1.165) is 17.5 Å². The Morgan fingerprint density at radius 1 is 1.08 bits per heavy atom. The zero-order chi connectivity index (χ0) is 25.6. The maximum atomic E-state index is 13.4. The fourth-order valence-electron chi connectivity index (χ4n) is 4.93. The van der Waals surface area contributed by atoms with Gasteiger partial charge in [0, 0.05) is 62.4 Å². The van der Waals surface area contributed by atoms with Crippen LogP contribution in [-0.4, -0.2) is 77.5 Å². The molecule has 0 atom stereocenters. The fourth-order valence-corrected chi connectivity index (χ4v) is 5.49. The number of carbonyl (C=O) groups excluding carboxylic acids is 2. The van der Waals surface area contributed by atoms with Gasteiger partial charge >= 0.3 is 6.03 Å². The number of hydrogen-bond acceptors (Lipinski definition) is 7. The summed E-state index contributed by atoms with van der Waals surface area (Å²) < 4.78 is 23.6. The Hall–Kier alpha value is -3.60. The van der Waals surface area contributed by atoms with Crippen molar-refractivity contribution in [1.29, 1.82) is 0 Å². The standard InChI is InChI=1S/C25H28N6O4S/c1-4-22(32)30-11-9-18(10-12-30)31-24-17(15-29(2)25(31)33)14-26-20-7-6-19(28-23(20)24)16-5-8-21(27-13-16)36(3,34)35/h5-8,13-14,18H,4,9-12,15H2,1-3H3. The van der Waals surface area contributed by atoms with E-state index in [4.69, 9.17) is 4.98 Å². The third-order valence-electron chi connectivity index (χ3n) is 6.84. The number of urea groups is 1. The summed E-state index contributed by atoms with van der Waals surface area (Å²) in [7, 11) is -1.63. The van der Waals surface area contributed by atoms with Crippen LogP contribution in [-0.2, 0) is 21.2 Å². The molecule has 0 unspecified atom stereocenters. The Kier molecular flexibility index (Phi) is 6.11. The van der Waals surface area contributed by atoms with Gasteiger partial charge in [0.15, 0.2) is 14.9 Å². The van der Waals surface area contributed by atoms with Gasteiger partial charge in [-0.15, -0.1) is 0 Å². The Bertz CT molecular complexity index is 1450. The summed E-state index contributed by atoms with van der Waals surface area (Å²) in [6, 6.07) is 6.65. The first-order valence-electron chi connectivity index (χ1n) is 11.9. The molecule has 0 radical (unpaired) electrons. The molecule has 0 saturated carbocycles. The van der Waals surface area contributed by atoms with Crippen LogP contribution in [0, 0.1) is 0 Å². The minimum Gasteiger partial charge on any atom is -0.343 e. The lowest BCUT2D eigenvalue weighted by atomic mass is 9.99. The van der Waals surface area contributed by atoms with Crippen molar-refractivity contribution in [2.24, 2.45) is 0 Å². The van der Waals surface area contributed by atoms with Crippen molar-refractivity contribution in [2.75, 3.05) is 31.3 Å². The number of piperidine rings is 1. The van der Waals surface area contributed by atoms with Gasteiger partial charge in [-0.25, -0.2) is 23.2 Å². The van der Waals surface area contributed by atoms with E-state index >= 15 is 0 Å². The van der Waals surface area contributed by atoms with Gasteiger partial charge in [-0.05, 0) is 37.1 Å². The third-order valence-corrected chi connectivity index (χ3v) is 7.84. The third kappa shape index (κ3) is 4.27. The summed E-state index contributed by atoms with van der Waals surface area (Å²) in [6.45, 7) is 3.51. The molecule has 0 spiro atoms. The number of anilines is 1. The fraction of sp³-hybridized carbons (Fsp3) is 0.400. The maximum absolute atomic E-state index is 13.4. The average molecular weight is 509 g/mol. The Morgan fingerprint density at radius 3 is 2.47 bits per heavy atom. The number of fused-ring (bicyclic) bond motifs is 3. The van der Waals surface area contributed by atoms with Crippen LogP contribution in [0.3, 0.4) is 0 Å². The lowest BCUT2D eigenvalue weighted by molar-refractivity contribution is -0.131. The van der Waals surface area contributed by atoms with Crippen molar-refractivity contribution >= 4 is 38.5 Å². The van der Waals surface area contributed by atoms with Gasteiger partial charge < -0.3 is 9.80 Å². The van der Waals surface area contributed by atoms with Crippen molar-refractivity contribution < 1.29 is 18.0 Å². The van der Waals surface area contributed by atoms with E-state index in [1.807, 2.05) is 28.9 Å². The molecule has 188 valence electrons. The monoisotopic (exact) mass is 508 g/mol. The summed E-state index contributed by atoms with van der Waals surface area (Å²) >= 11 is 0. The second-order valence-corrected chi connectivity index (χ2v) is 11.3. The largest absolute Gasteiger partial charge is 0.343 e. The van der Waals surface area contributed by atoms with Gasteiger partial charge in [-0.2, -0.15) is 0 Å². The normalized spacial score (nSPS) is 17.0. The van der Waals surface area contributed by atoms with Crippen molar-refractivity contribution in [3.05, 3.63) is 42.2 Å². The summed E-state index contributed by atoms with van der Waals surface area (Å²) in [5, 5.41) is -0.00112. The highest BCUT2D eigenvalue weighted by Gasteiger charge is 2.37. The SMILES string of the molecule is CCC(=O)N1CCC(N2C(=O)N(C)Cc3cnc4ccc(-c5ccc(S(C)(=O)=O)nc5)nc4c32)CC1. The second kappa shape index (κ2) is 9.12. The van der Waals surface area contributed by atoms with Gasteiger partial charge in [0.25, 0.3) is 0 Å². The Balaban J connectivity index is 1.57. The lowest BCUT2D eigenvalue weighted by Crippen LogP contribution is -2.54. The molecular formula is C25H28N6O4S. The van der Waals surface area contributed by atoms with Crippen LogP contribution in [0.5, 0.6) is 0 Å². The van der Waals surface area contributed by atoms with E-state index in [2.05, 4.69) is 9.97 Å². The smallest absolute Gasteiger partial charge is 0.324 e. The molecule has 3 aromatic heterocycles. The zero-order valence-electron chi connectivity index (χ0n) is 20.5. The van der Waals surface area contributed by atoms with Gasteiger partial charge in [0.1, 0.15) is 5.52 Å². The minimum atomic E-state index is -3.41. The predicted octanol–water partition coefficient (Wildman–Crippen LogP) is 2.87. The number of carbonyl (C=O) groups is 2. The molecule has 10 nitrogen and oxygen atoms in total. The van der Waals surface area contributed by atoms with Crippen LogP contribution in [0.4, 0.5) is 10.5 Å². The van der Waals surface area contributed by atoms with E-state index in [0.29, 0.717) is 61.2 Å². The molecule has 0 N–H and O–H groups in total. The number of nitrogens with zero attached hydrogens (tertiary/aromatic N) is 6. The first-order valence-corrected chi connectivity index (χ1v) is 13.8. The molecule has 5 heterocycles.